The Balaban J connectivity index is 0.00000384. The van der Waals surface area contributed by atoms with Gasteiger partial charge >= 0.3 is 21.1 Å². The van der Waals surface area contributed by atoms with Crippen molar-refractivity contribution in [3.63, 3.8) is 0 Å². The van der Waals surface area contributed by atoms with Crippen LogP contribution in [0.4, 0.5) is 0 Å². The molecular formula is C48H34N4OPt. The average molecular weight is 878 g/mol. The van der Waals surface area contributed by atoms with Gasteiger partial charge in [-0.25, -0.2) is 4.98 Å². The van der Waals surface area contributed by atoms with Gasteiger partial charge in [0.2, 0.25) is 0 Å². The molecule has 0 bridgehead atoms. The standard InChI is InChI=1S/C48H34N4O.Pt/c1-29-12-9-13-30(2)45(29)39-18-11-17-38-35-23-21-33(26-40(35)48-50-28-43(52(48)47(38)39)46-31(3)14-10-15-32(46)4)53-34-22-24-37-36-16-5-6-19-41(36)51(42(37)27-34)44-20-7-8-25-49-44;/h5-25,28H,1-4H3;/q-2;+2. The molecule has 0 aliphatic carbocycles. The van der Waals surface area contributed by atoms with E-state index in [1.54, 1.807) is 0 Å². The number of fused-ring (bicyclic) bond motifs is 9. The SMILES string of the molecule is Cc1cccc(C)c1-c1cccc2c3ccc(Oc4[c-]c5c(cc4)c4ccccc4n5-c4ccccn4)[c-]c3c3ncc(-c4c(C)cccc4C)n3c12.[Pt+2]. The van der Waals surface area contributed by atoms with Crippen LogP contribution >= 0.6 is 0 Å². The van der Waals surface area contributed by atoms with Gasteiger partial charge in [-0.3, -0.25) is 4.98 Å². The third kappa shape index (κ3) is 5.18. The predicted molar refractivity (Wildman–Crippen MR) is 216 cm³/mol. The maximum Gasteiger partial charge on any atom is 2.00 e. The van der Waals surface area contributed by atoms with Crippen LogP contribution < -0.4 is 4.74 Å². The first-order valence-electron chi connectivity index (χ1n) is 17.9. The van der Waals surface area contributed by atoms with Crippen molar-refractivity contribution in [3.05, 3.63) is 168 Å². The smallest absolute Gasteiger partial charge is 0.503 e. The quantitative estimate of drug-likeness (QED) is 0.128. The summed E-state index contributed by atoms with van der Waals surface area (Å²) in [5, 5.41) is 5.33. The average Bonchev–Trinajstić information content (AvgIpc) is 3.75. The molecule has 54 heavy (non-hydrogen) atoms. The van der Waals surface area contributed by atoms with Gasteiger partial charge in [-0.15, -0.1) is 29.7 Å². The summed E-state index contributed by atoms with van der Waals surface area (Å²) in [7, 11) is 0. The van der Waals surface area contributed by atoms with Crippen molar-refractivity contribution in [2.24, 2.45) is 0 Å². The van der Waals surface area contributed by atoms with Crippen LogP contribution in [0.1, 0.15) is 22.3 Å². The fourth-order valence-corrected chi connectivity index (χ4v) is 8.30. The molecule has 0 fully saturated rings. The molecule has 6 aromatic carbocycles. The number of hydrogen-bond acceptors (Lipinski definition) is 3. The molecule has 262 valence electrons. The Morgan fingerprint density at radius 1 is 0.556 bits per heavy atom. The molecule has 0 unspecified atom stereocenters. The molecule has 0 N–H and O–H groups in total. The van der Waals surface area contributed by atoms with Crippen LogP contribution in [0.2, 0.25) is 0 Å². The van der Waals surface area contributed by atoms with E-state index in [9.17, 15) is 0 Å². The maximum atomic E-state index is 6.61. The van der Waals surface area contributed by atoms with E-state index in [-0.39, 0.29) is 21.1 Å². The summed E-state index contributed by atoms with van der Waals surface area (Å²) in [6.07, 6.45) is 3.84. The Hall–Kier alpha value is -6.03. The zero-order chi connectivity index (χ0) is 35.8. The van der Waals surface area contributed by atoms with Gasteiger partial charge < -0.3 is 13.7 Å². The van der Waals surface area contributed by atoms with Gasteiger partial charge in [0.25, 0.3) is 0 Å². The van der Waals surface area contributed by atoms with Crippen molar-refractivity contribution in [1.82, 2.24) is 18.9 Å². The zero-order valence-electron chi connectivity index (χ0n) is 30.2. The normalized spacial score (nSPS) is 11.6. The van der Waals surface area contributed by atoms with Gasteiger partial charge in [0, 0.05) is 46.1 Å². The van der Waals surface area contributed by atoms with E-state index < -0.39 is 0 Å². The van der Waals surface area contributed by atoms with E-state index in [4.69, 9.17) is 9.72 Å². The second-order valence-corrected chi connectivity index (χ2v) is 13.9. The van der Waals surface area contributed by atoms with Gasteiger partial charge in [0.1, 0.15) is 5.82 Å². The summed E-state index contributed by atoms with van der Waals surface area (Å²) in [4.78, 5) is 9.83. The predicted octanol–water partition coefficient (Wildman–Crippen LogP) is 12.1. The summed E-state index contributed by atoms with van der Waals surface area (Å²) in [5.41, 5.74) is 13.5. The summed E-state index contributed by atoms with van der Waals surface area (Å²) in [6, 6.07) is 49.4. The molecule has 6 heteroatoms. The largest absolute Gasteiger partial charge is 2.00 e. The van der Waals surface area contributed by atoms with Crippen LogP contribution in [-0.2, 0) is 21.1 Å². The van der Waals surface area contributed by atoms with Crippen LogP contribution in [-0.4, -0.2) is 18.9 Å². The topological polar surface area (TPSA) is 44.3 Å². The van der Waals surface area contributed by atoms with Crippen LogP contribution in [0.3, 0.4) is 0 Å². The number of ether oxygens (including phenoxy) is 1. The maximum absolute atomic E-state index is 6.61. The monoisotopic (exact) mass is 877 g/mol. The first-order chi connectivity index (χ1) is 26.0. The van der Waals surface area contributed by atoms with E-state index >= 15 is 0 Å². The number of pyridine rings is 2. The minimum absolute atomic E-state index is 0. The van der Waals surface area contributed by atoms with Crippen LogP contribution in [0.15, 0.2) is 134 Å². The van der Waals surface area contributed by atoms with Crippen molar-refractivity contribution < 1.29 is 25.8 Å². The molecule has 0 spiro atoms. The minimum atomic E-state index is 0. The number of aromatic nitrogens is 4. The molecule has 10 aromatic rings. The molecule has 0 radical (unpaired) electrons. The van der Waals surface area contributed by atoms with E-state index in [1.165, 1.54) is 38.9 Å². The van der Waals surface area contributed by atoms with E-state index in [2.05, 4.69) is 145 Å². The zero-order valence-corrected chi connectivity index (χ0v) is 32.5. The van der Waals surface area contributed by atoms with Gasteiger partial charge in [-0.05, 0) is 84.5 Å². The first kappa shape index (κ1) is 33.8. The second-order valence-electron chi connectivity index (χ2n) is 13.9. The number of para-hydroxylation sites is 2. The summed E-state index contributed by atoms with van der Waals surface area (Å²) < 4.78 is 11.1. The third-order valence-electron chi connectivity index (χ3n) is 10.6. The Kier molecular flexibility index (Phi) is 8.21. The van der Waals surface area contributed by atoms with Crippen molar-refractivity contribution in [1.29, 1.82) is 0 Å². The first-order valence-corrected chi connectivity index (χ1v) is 17.9. The molecule has 4 aromatic heterocycles. The number of nitrogens with zero attached hydrogens (tertiary/aromatic N) is 4. The molecule has 0 amide bonds. The molecule has 0 saturated heterocycles. The van der Waals surface area contributed by atoms with Crippen molar-refractivity contribution >= 4 is 49.1 Å². The Morgan fingerprint density at radius 2 is 1.20 bits per heavy atom. The molecule has 0 aliphatic rings. The van der Waals surface area contributed by atoms with Crippen molar-refractivity contribution in [2.75, 3.05) is 0 Å². The van der Waals surface area contributed by atoms with E-state index in [0.29, 0.717) is 11.5 Å². The summed E-state index contributed by atoms with van der Waals surface area (Å²) in [5.74, 6) is 2.03. The number of benzene rings is 6. The van der Waals surface area contributed by atoms with Crippen LogP contribution in [0.5, 0.6) is 11.5 Å². The molecule has 5 nitrogen and oxygen atoms in total. The number of imidazole rings is 1. The van der Waals surface area contributed by atoms with Gasteiger partial charge in [-0.2, -0.15) is 6.07 Å². The molecule has 0 atom stereocenters. The Labute approximate surface area is 327 Å². The molecular weight excluding hydrogens is 844 g/mol. The van der Waals surface area contributed by atoms with E-state index in [0.717, 1.165) is 60.6 Å². The second kappa shape index (κ2) is 13.1. The minimum Gasteiger partial charge on any atom is -0.503 e. The number of hydrogen-bond donors (Lipinski definition) is 0. The van der Waals surface area contributed by atoms with Crippen molar-refractivity contribution in [3.8, 4) is 39.7 Å². The van der Waals surface area contributed by atoms with Crippen molar-refractivity contribution in [2.45, 2.75) is 27.7 Å². The van der Waals surface area contributed by atoms with Gasteiger partial charge in [-0.1, -0.05) is 101 Å². The molecule has 0 saturated carbocycles. The summed E-state index contributed by atoms with van der Waals surface area (Å²) in [6.45, 7) is 8.74. The van der Waals surface area contributed by atoms with Gasteiger partial charge in [0.15, 0.2) is 0 Å². The fourth-order valence-electron chi connectivity index (χ4n) is 8.30. The molecule has 4 heterocycles. The Bertz CT molecular complexity index is 3050. The van der Waals surface area contributed by atoms with Gasteiger partial charge in [0.05, 0.1) is 11.3 Å². The third-order valence-corrected chi connectivity index (χ3v) is 10.6. The van der Waals surface area contributed by atoms with E-state index in [1.807, 2.05) is 42.7 Å². The molecule has 10 rings (SSSR count). The molecule has 0 aliphatic heterocycles. The fraction of sp³-hybridized carbons (Fsp3) is 0.0833. The van der Waals surface area contributed by atoms with Crippen LogP contribution in [0.25, 0.3) is 77.3 Å². The van der Waals surface area contributed by atoms with Crippen LogP contribution in [0, 0.1) is 39.8 Å². The number of aryl methyl sites for hydroxylation is 4. The summed E-state index contributed by atoms with van der Waals surface area (Å²) >= 11 is 0. The Morgan fingerprint density at radius 3 is 1.94 bits per heavy atom. The number of rotatable bonds is 5.